The van der Waals surface area contributed by atoms with E-state index in [0.29, 0.717) is 22.6 Å². The van der Waals surface area contributed by atoms with Crippen molar-refractivity contribution in [2.24, 2.45) is 4.99 Å². The van der Waals surface area contributed by atoms with E-state index in [1.54, 1.807) is 13.1 Å². The van der Waals surface area contributed by atoms with Gasteiger partial charge in [-0.3, -0.25) is 4.99 Å². The summed E-state index contributed by atoms with van der Waals surface area (Å²) in [5, 5.41) is 6.54. The summed E-state index contributed by atoms with van der Waals surface area (Å²) in [5.74, 6) is 1.05. The number of sulfonamides is 1. The first kappa shape index (κ1) is 23.9. The first-order valence-corrected chi connectivity index (χ1v) is 10.6. The number of hydrogen-bond acceptors (Lipinski definition) is 4. The molecule has 0 aliphatic heterocycles. The molecule has 0 spiro atoms. The van der Waals surface area contributed by atoms with Crippen LogP contribution in [0.15, 0.2) is 51.7 Å². The highest BCUT2D eigenvalue weighted by atomic mass is 127. The van der Waals surface area contributed by atoms with E-state index in [2.05, 4.69) is 34.7 Å². The predicted octanol–water partition coefficient (Wildman–Crippen LogP) is 3.09. The Morgan fingerprint density at radius 3 is 2.41 bits per heavy atom. The number of halogens is 1. The van der Waals surface area contributed by atoms with Gasteiger partial charge in [0.25, 0.3) is 10.0 Å². The van der Waals surface area contributed by atoms with Crippen molar-refractivity contribution in [1.29, 1.82) is 0 Å². The molecular formula is C18H27IN4O2S2. The lowest BCUT2D eigenvalue weighted by Crippen LogP contribution is -2.38. The number of nitrogens with zero attached hydrogens (tertiary/aromatic N) is 2. The second-order valence-corrected chi connectivity index (χ2v) is 9.67. The fraction of sp³-hybridized carbons (Fsp3) is 0.389. The summed E-state index contributed by atoms with van der Waals surface area (Å²) in [5.41, 5.74) is 1.27. The number of hydrogen-bond donors (Lipinski definition) is 2. The molecule has 6 nitrogen and oxygen atoms in total. The van der Waals surface area contributed by atoms with Crippen molar-refractivity contribution in [3.8, 4) is 0 Å². The summed E-state index contributed by atoms with van der Waals surface area (Å²) in [6.45, 7) is 3.44. The fourth-order valence-corrected chi connectivity index (χ4v) is 4.78. The number of rotatable bonds is 7. The summed E-state index contributed by atoms with van der Waals surface area (Å²) in [6.07, 6.45) is 0. The number of aliphatic imine (C=N–C) groups is 1. The molecular weight excluding hydrogens is 495 g/mol. The molecule has 150 valence electrons. The summed E-state index contributed by atoms with van der Waals surface area (Å²) < 4.78 is 25.8. The number of guanidine groups is 1. The molecule has 1 aromatic carbocycles. The smallest absolute Gasteiger partial charge is 0.252 e. The maximum absolute atomic E-state index is 12.1. The van der Waals surface area contributed by atoms with Gasteiger partial charge >= 0.3 is 0 Å². The molecule has 0 radical (unpaired) electrons. The molecule has 1 atom stereocenters. The van der Waals surface area contributed by atoms with E-state index >= 15 is 0 Å². The lowest BCUT2D eigenvalue weighted by atomic mass is 10.0. The highest BCUT2D eigenvalue weighted by Crippen LogP contribution is 2.23. The van der Waals surface area contributed by atoms with Crippen LogP contribution in [0.5, 0.6) is 0 Å². The average Bonchev–Trinajstić information content (AvgIpc) is 3.12. The van der Waals surface area contributed by atoms with Crippen LogP contribution < -0.4 is 10.6 Å². The summed E-state index contributed by atoms with van der Waals surface area (Å²) >= 11 is 1.27. The van der Waals surface area contributed by atoms with E-state index in [9.17, 15) is 8.42 Å². The third-order valence-corrected chi connectivity index (χ3v) is 7.34. The van der Waals surface area contributed by atoms with Gasteiger partial charge in [0, 0.05) is 32.6 Å². The van der Waals surface area contributed by atoms with Gasteiger partial charge in [-0.1, -0.05) is 37.3 Å². The molecule has 1 aromatic heterocycles. The molecule has 0 amide bonds. The van der Waals surface area contributed by atoms with Crippen LogP contribution in [0.3, 0.4) is 0 Å². The third-order valence-electron chi connectivity index (χ3n) is 3.97. The topological polar surface area (TPSA) is 73.8 Å². The number of thiophene rings is 1. The monoisotopic (exact) mass is 522 g/mol. The fourth-order valence-electron chi connectivity index (χ4n) is 2.31. The summed E-state index contributed by atoms with van der Waals surface area (Å²) in [4.78, 5) is 5.16. The van der Waals surface area contributed by atoms with Crippen LogP contribution >= 0.6 is 35.3 Å². The minimum absolute atomic E-state index is 0. The van der Waals surface area contributed by atoms with Crippen molar-refractivity contribution in [2.45, 2.75) is 23.6 Å². The first-order chi connectivity index (χ1) is 12.3. The highest BCUT2D eigenvalue weighted by molar-refractivity contribution is 14.0. The van der Waals surface area contributed by atoms with Crippen molar-refractivity contribution < 1.29 is 8.42 Å². The summed E-state index contributed by atoms with van der Waals surface area (Å²) in [6, 6.07) is 13.8. The van der Waals surface area contributed by atoms with E-state index in [4.69, 9.17) is 0 Å². The van der Waals surface area contributed by atoms with E-state index in [-0.39, 0.29) is 24.0 Å². The average molecular weight is 522 g/mol. The Hall–Kier alpha value is -1.17. The maximum atomic E-state index is 12.1. The molecule has 0 fully saturated rings. The zero-order valence-corrected chi connectivity index (χ0v) is 19.9. The lowest BCUT2D eigenvalue weighted by Gasteiger charge is -2.16. The molecule has 2 rings (SSSR count). The Morgan fingerprint density at radius 1 is 1.15 bits per heavy atom. The van der Waals surface area contributed by atoms with Crippen molar-refractivity contribution in [1.82, 2.24) is 14.9 Å². The van der Waals surface area contributed by atoms with Crippen LogP contribution in [0.25, 0.3) is 0 Å². The van der Waals surface area contributed by atoms with Crippen molar-refractivity contribution in [3.05, 3.63) is 52.9 Å². The zero-order chi connectivity index (χ0) is 19.2. The normalized spacial score (nSPS) is 13.1. The second-order valence-electron chi connectivity index (χ2n) is 6.13. The van der Waals surface area contributed by atoms with Crippen LogP contribution in [0.4, 0.5) is 0 Å². The van der Waals surface area contributed by atoms with Gasteiger partial charge in [-0.25, -0.2) is 12.7 Å². The minimum atomic E-state index is -3.37. The number of benzene rings is 1. The van der Waals surface area contributed by atoms with Gasteiger partial charge < -0.3 is 10.6 Å². The molecule has 1 unspecified atom stereocenters. The summed E-state index contributed by atoms with van der Waals surface area (Å²) in [7, 11) is 1.42. The Morgan fingerprint density at radius 2 is 1.81 bits per heavy atom. The quantitative estimate of drug-likeness (QED) is 0.333. The lowest BCUT2D eigenvalue weighted by molar-refractivity contribution is 0.523. The second kappa shape index (κ2) is 11.0. The van der Waals surface area contributed by atoms with E-state index in [1.807, 2.05) is 24.3 Å². The van der Waals surface area contributed by atoms with Crippen molar-refractivity contribution in [3.63, 3.8) is 0 Å². The molecule has 0 bridgehead atoms. The standard InChI is InChI=1S/C18H26N4O2S2.HI/c1-14(15-8-6-5-7-9-15)12-20-18(19-2)21-13-16-10-11-17(25-16)26(23,24)22(3)4;/h5-11,14H,12-13H2,1-4H3,(H2,19,20,21);1H. The van der Waals surface area contributed by atoms with E-state index in [0.717, 1.165) is 11.4 Å². The van der Waals surface area contributed by atoms with Crippen molar-refractivity contribution in [2.75, 3.05) is 27.7 Å². The van der Waals surface area contributed by atoms with E-state index < -0.39 is 10.0 Å². The molecule has 9 heteroatoms. The minimum Gasteiger partial charge on any atom is -0.356 e. The Bertz CT molecular complexity index is 836. The van der Waals surface area contributed by atoms with Crippen LogP contribution in [0, 0.1) is 0 Å². The SMILES string of the molecule is CN=C(NCc1ccc(S(=O)(=O)N(C)C)s1)NCC(C)c1ccccc1.I. The molecule has 2 aromatic rings. The first-order valence-electron chi connectivity index (χ1n) is 8.35. The molecule has 1 heterocycles. The van der Waals surface area contributed by atoms with Gasteiger partial charge in [-0.15, -0.1) is 35.3 Å². The molecule has 0 aliphatic carbocycles. The Balaban J connectivity index is 0.00000364. The largest absolute Gasteiger partial charge is 0.356 e. The molecule has 0 saturated carbocycles. The van der Waals surface area contributed by atoms with Gasteiger partial charge in [0.15, 0.2) is 5.96 Å². The van der Waals surface area contributed by atoms with Crippen LogP contribution in [-0.2, 0) is 16.6 Å². The van der Waals surface area contributed by atoms with Crippen LogP contribution in [0.2, 0.25) is 0 Å². The van der Waals surface area contributed by atoms with Gasteiger partial charge in [0.2, 0.25) is 0 Å². The molecule has 0 saturated heterocycles. The van der Waals surface area contributed by atoms with Gasteiger partial charge in [-0.2, -0.15) is 0 Å². The Kier molecular flexibility index (Phi) is 9.71. The third kappa shape index (κ3) is 6.74. The highest BCUT2D eigenvalue weighted by Gasteiger charge is 2.19. The van der Waals surface area contributed by atoms with Gasteiger partial charge in [0.05, 0.1) is 6.54 Å². The maximum Gasteiger partial charge on any atom is 0.252 e. The number of nitrogens with one attached hydrogen (secondary N) is 2. The predicted molar refractivity (Wildman–Crippen MR) is 124 cm³/mol. The molecule has 2 N–H and O–H groups in total. The van der Waals surface area contributed by atoms with Gasteiger partial charge in [-0.05, 0) is 23.6 Å². The zero-order valence-electron chi connectivity index (χ0n) is 16.0. The molecule has 27 heavy (non-hydrogen) atoms. The van der Waals surface area contributed by atoms with E-state index in [1.165, 1.54) is 35.3 Å². The Labute approximate surface area is 183 Å². The molecule has 0 aliphatic rings. The van der Waals surface area contributed by atoms with Crippen molar-refractivity contribution >= 4 is 51.3 Å². The van der Waals surface area contributed by atoms with Crippen LogP contribution in [0.1, 0.15) is 23.3 Å². The van der Waals surface area contributed by atoms with Crippen LogP contribution in [-0.4, -0.2) is 46.4 Å². The van der Waals surface area contributed by atoms with Gasteiger partial charge in [0.1, 0.15) is 4.21 Å².